The van der Waals surface area contributed by atoms with Crippen LogP contribution in [-0.2, 0) is 0 Å². The number of aromatic nitrogens is 2. The topological polar surface area (TPSA) is 70.4 Å². The first-order valence-electron chi connectivity index (χ1n) is 7.60. The maximum atomic E-state index is 12.3. The number of benzene rings is 1. The molecule has 6 nitrogen and oxygen atoms in total. The molecule has 0 saturated carbocycles. The van der Waals surface area contributed by atoms with E-state index in [9.17, 15) is 9.90 Å². The molecule has 1 fully saturated rings. The molecular weight excluding hydrogens is 316 g/mol. The van der Waals surface area contributed by atoms with Crippen molar-refractivity contribution >= 4 is 23.4 Å². The molecular formula is C16H19ClN4O2. The van der Waals surface area contributed by atoms with Crippen molar-refractivity contribution in [1.82, 2.24) is 14.7 Å². The van der Waals surface area contributed by atoms with Gasteiger partial charge in [0.2, 0.25) is 0 Å². The smallest absolute Gasteiger partial charge is 0.323 e. The summed E-state index contributed by atoms with van der Waals surface area (Å²) in [5, 5.41) is 17.4. The molecule has 0 spiro atoms. The highest BCUT2D eigenvalue weighted by Crippen LogP contribution is 2.22. The van der Waals surface area contributed by atoms with Crippen molar-refractivity contribution in [1.29, 1.82) is 0 Å². The molecule has 1 aromatic heterocycles. The zero-order valence-corrected chi connectivity index (χ0v) is 13.6. The summed E-state index contributed by atoms with van der Waals surface area (Å²) >= 11 is 6.20. The number of likely N-dealkylation sites (tertiary alicyclic amines) is 1. The first kappa shape index (κ1) is 15.8. The molecule has 7 heteroatoms. The monoisotopic (exact) mass is 334 g/mol. The van der Waals surface area contributed by atoms with Crippen LogP contribution in [0.2, 0.25) is 5.02 Å². The maximum absolute atomic E-state index is 12.3. The van der Waals surface area contributed by atoms with E-state index in [1.54, 1.807) is 21.7 Å². The average Bonchev–Trinajstić information content (AvgIpc) is 2.88. The molecule has 1 aromatic carbocycles. The number of amides is 2. The minimum atomic E-state index is -0.447. The van der Waals surface area contributed by atoms with Crippen LogP contribution in [0.25, 0.3) is 5.69 Å². The molecule has 2 aromatic rings. The Kier molecular flexibility index (Phi) is 4.54. The standard InChI is InChI=1S/C16H19ClN4O2/c1-11-9-15(18-16(23)20-8-4-5-12(22)10-20)19-21(11)14-7-3-2-6-13(14)17/h2-3,6-7,9,12,22H,4-5,8,10H2,1H3,(H,18,19,23)/t12-/m0/s1. The highest BCUT2D eigenvalue weighted by molar-refractivity contribution is 6.32. The largest absolute Gasteiger partial charge is 0.391 e. The van der Waals surface area contributed by atoms with Gasteiger partial charge in [-0.1, -0.05) is 23.7 Å². The number of rotatable bonds is 2. The highest BCUT2D eigenvalue weighted by atomic mass is 35.5. The van der Waals surface area contributed by atoms with Gasteiger partial charge < -0.3 is 10.0 Å². The minimum Gasteiger partial charge on any atom is -0.391 e. The van der Waals surface area contributed by atoms with Gasteiger partial charge >= 0.3 is 6.03 Å². The number of aliphatic hydroxyl groups excluding tert-OH is 1. The molecule has 2 N–H and O–H groups in total. The van der Waals surface area contributed by atoms with E-state index in [-0.39, 0.29) is 6.03 Å². The zero-order valence-electron chi connectivity index (χ0n) is 12.9. The number of nitrogens with one attached hydrogen (secondary N) is 1. The van der Waals surface area contributed by atoms with E-state index in [4.69, 9.17) is 11.6 Å². The zero-order chi connectivity index (χ0) is 16.4. The second-order valence-electron chi connectivity index (χ2n) is 5.71. The third kappa shape index (κ3) is 3.48. The Bertz CT molecular complexity index is 716. The van der Waals surface area contributed by atoms with E-state index >= 15 is 0 Å². The molecule has 2 amide bonds. The van der Waals surface area contributed by atoms with E-state index in [0.717, 1.165) is 24.2 Å². The van der Waals surface area contributed by atoms with Gasteiger partial charge in [-0.2, -0.15) is 0 Å². The minimum absolute atomic E-state index is 0.243. The van der Waals surface area contributed by atoms with Crippen LogP contribution in [-0.4, -0.2) is 45.0 Å². The molecule has 122 valence electrons. The molecule has 1 aliphatic heterocycles. The molecule has 1 saturated heterocycles. The fourth-order valence-electron chi connectivity index (χ4n) is 2.73. The van der Waals surface area contributed by atoms with Crippen LogP contribution >= 0.6 is 11.6 Å². The van der Waals surface area contributed by atoms with Crippen molar-refractivity contribution in [2.45, 2.75) is 25.9 Å². The van der Waals surface area contributed by atoms with E-state index < -0.39 is 6.10 Å². The third-order valence-electron chi connectivity index (χ3n) is 3.89. The molecule has 0 unspecified atom stereocenters. The Morgan fingerprint density at radius 2 is 2.22 bits per heavy atom. The molecule has 3 rings (SSSR count). The van der Waals surface area contributed by atoms with Gasteiger partial charge in [-0.25, -0.2) is 9.48 Å². The van der Waals surface area contributed by atoms with Crippen LogP contribution in [0.5, 0.6) is 0 Å². The number of hydrogen-bond donors (Lipinski definition) is 2. The van der Waals surface area contributed by atoms with Gasteiger partial charge in [0, 0.05) is 24.8 Å². The molecule has 23 heavy (non-hydrogen) atoms. The number of anilines is 1. The predicted molar refractivity (Wildman–Crippen MR) is 89.1 cm³/mol. The lowest BCUT2D eigenvalue weighted by Gasteiger charge is -2.29. The second-order valence-corrected chi connectivity index (χ2v) is 6.11. The Balaban J connectivity index is 1.76. The first-order chi connectivity index (χ1) is 11.0. The van der Waals surface area contributed by atoms with Gasteiger partial charge in [-0.15, -0.1) is 5.10 Å². The summed E-state index contributed by atoms with van der Waals surface area (Å²) in [6.07, 6.45) is 1.10. The average molecular weight is 335 g/mol. The van der Waals surface area contributed by atoms with Gasteiger partial charge in [-0.3, -0.25) is 5.32 Å². The SMILES string of the molecule is Cc1cc(NC(=O)N2CCC[C@H](O)C2)nn1-c1ccccc1Cl. The fourth-order valence-corrected chi connectivity index (χ4v) is 2.95. The summed E-state index contributed by atoms with van der Waals surface area (Å²) in [4.78, 5) is 13.9. The van der Waals surface area contributed by atoms with E-state index in [0.29, 0.717) is 23.9 Å². The molecule has 2 heterocycles. The van der Waals surface area contributed by atoms with E-state index in [1.165, 1.54) is 0 Å². The van der Waals surface area contributed by atoms with Gasteiger partial charge in [0.25, 0.3) is 0 Å². The van der Waals surface area contributed by atoms with E-state index in [2.05, 4.69) is 10.4 Å². The number of urea groups is 1. The number of para-hydroxylation sites is 1. The highest BCUT2D eigenvalue weighted by Gasteiger charge is 2.22. The summed E-state index contributed by atoms with van der Waals surface area (Å²) in [6, 6.07) is 8.96. The Morgan fingerprint density at radius 1 is 1.43 bits per heavy atom. The van der Waals surface area contributed by atoms with Crippen LogP contribution < -0.4 is 5.32 Å². The number of β-amino-alcohol motifs (C(OH)–C–C–N with tert-alkyl or cyclic N) is 1. The predicted octanol–water partition coefficient (Wildman–Crippen LogP) is 2.82. The van der Waals surface area contributed by atoms with Crippen molar-refractivity contribution in [3.8, 4) is 5.69 Å². The van der Waals surface area contributed by atoms with Crippen LogP contribution in [0, 0.1) is 6.92 Å². The van der Waals surface area contributed by atoms with Gasteiger partial charge in [0.05, 0.1) is 16.8 Å². The van der Waals surface area contributed by atoms with Crippen molar-refractivity contribution < 1.29 is 9.90 Å². The van der Waals surface area contributed by atoms with Gasteiger partial charge in [0.15, 0.2) is 5.82 Å². The van der Waals surface area contributed by atoms with E-state index in [1.807, 2.05) is 25.1 Å². The van der Waals surface area contributed by atoms with Gasteiger partial charge in [0.1, 0.15) is 0 Å². The number of nitrogens with zero attached hydrogens (tertiary/aromatic N) is 3. The van der Waals surface area contributed by atoms with Crippen molar-refractivity contribution in [3.05, 3.63) is 41.0 Å². The number of aliphatic hydroxyl groups is 1. The van der Waals surface area contributed by atoms with Crippen molar-refractivity contribution in [2.24, 2.45) is 0 Å². The third-order valence-corrected chi connectivity index (χ3v) is 4.21. The fraction of sp³-hybridized carbons (Fsp3) is 0.375. The summed E-state index contributed by atoms with van der Waals surface area (Å²) in [5.74, 6) is 0.465. The molecule has 0 bridgehead atoms. The molecule has 0 aliphatic carbocycles. The van der Waals surface area contributed by atoms with Gasteiger partial charge in [-0.05, 0) is 31.9 Å². The molecule has 0 radical (unpaired) electrons. The summed E-state index contributed by atoms with van der Waals surface area (Å²) in [6.45, 7) is 2.90. The number of carbonyl (C=O) groups excluding carboxylic acids is 1. The quantitative estimate of drug-likeness (QED) is 0.887. The van der Waals surface area contributed by atoms with Crippen LogP contribution in [0.1, 0.15) is 18.5 Å². The second kappa shape index (κ2) is 6.60. The van der Waals surface area contributed by atoms with Crippen molar-refractivity contribution in [2.75, 3.05) is 18.4 Å². The molecule has 1 aliphatic rings. The number of hydrogen-bond acceptors (Lipinski definition) is 3. The number of halogens is 1. The number of carbonyl (C=O) groups is 1. The Morgan fingerprint density at radius 3 is 2.96 bits per heavy atom. The van der Waals surface area contributed by atoms with Crippen LogP contribution in [0.15, 0.2) is 30.3 Å². The van der Waals surface area contributed by atoms with Crippen molar-refractivity contribution in [3.63, 3.8) is 0 Å². The van der Waals surface area contributed by atoms with Crippen LogP contribution in [0.3, 0.4) is 0 Å². The normalized spacial score (nSPS) is 18.0. The summed E-state index contributed by atoms with van der Waals surface area (Å²) in [5.41, 5.74) is 1.63. The Hall–Kier alpha value is -2.05. The molecule has 1 atom stereocenters. The summed E-state index contributed by atoms with van der Waals surface area (Å²) < 4.78 is 1.70. The first-order valence-corrected chi connectivity index (χ1v) is 7.98. The maximum Gasteiger partial charge on any atom is 0.323 e. The Labute approximate surface area is 139 Å². The lowest BCUT2D eigenvalue weighted by Crippen LogP contribution is -2.44. The lowest BCUT2D eigenvalue weighted by atomic mass is 10.1. The number of piperidine rings is 1. The summed E-state index contributed by atoms with van der Waals surface area (Å²) in [7, 11) is 0. The van der Waals surface area contributed by atoms with Crippen LogP contribution in [0.4, 0.5) is 10.6 Å². The lowest BCUT2D eigenvalue weighted by molar-refractivity contribution is 0.0883. The number of aryl methyl sites for hydroxylation is 1.